The summed E-state index contributed by atoms with van der Waals surface area (Å²) in [5.41, 5.74) is 8.89. The van der Waals surface area contributed by atoms with Crippen LogP contribution in [0.2, 0.25) is 0 Å². The first-order valence-corrected chi connectivity index (χ1v) is 6.76. The molecular weight excluding hydrogens is 282 g/mol. The largest absolute Gasteiger partial charge is 0.454 e. The fourth-order valence-corrected chi connectivity index (χ4v) is 2.22. The monoisotopic (exact) mass is 295 g/mol. The van der Waals surface area contributed by atoms with Crippen LogP contribution in [0.5, 0.6) is 11.5 Å². The number of benzene rings is 2. The molecule has 0 spiro atoms. The molecule has 22 heavy (non-hydrogen) atoms. The van der Waals surface area contributed by atoms with Gasteiger partial charge >= 0.3 is 0 Å². The Labute approximate surface area is 126 Å². The van der Waals surface area contributed by atoms with Gasteiger partial charge in [-0.3, -0.25) is 0 Å². The molecule has 2 heterocycles. The minimum atomic E-state index is 0.249. The van der Waals surface area contributed by atoms with E-state index in [4.69, 9.17) is 19.6 Å². The molecule has 0 saturated heterocycles. The molecule has 0 bridgehead atoms. The first-order valence-electron chi connectivity index (χ1n) is 6.76. The topological polar surface area (TPSA) is 82.5 Å². The molecule has 3 aromatic rings. The summed E-state index contributed by atoms with van der Waals surface area (Å²) >= 11 is 0. The molecule has 0 fully saturated rings. The standard InChI is InChI=1S/C16H13N3O3/c17-11-3-1-10(2-4-11)13-8-20-16(19-13)18-12-5-6-14-15(7-12)22-9-21-14/h1-8H,9,17H2,(H,18,19). The van der Waals surface area contributed by atoms with Gasteiger partial charge in [-0.25, -0.2) is 0 Å². The van der Waals surface area contributed by atoms with Crippen LogP contribution in [0.25, 0.3) is 11.3 Å². The van der Waals surface area contributed by atoms with Crippen molar-refractivity contribution in [2.24, 2.45) is 0 Å². The molecule has 2 aromatic carbocycles. The van der Waals surface area contributed by atoms with E-state index in [0.29, 0.717) is 17.5 Å². The third kappa shape index (κ3) is 2.31. The maximum absolute atomic E-state index is 5.68. The Morgan fingerprint density at radius 2 is 1.82 bits per heavy atom. The number of nitrogens with zero attached hydrogens (tertiary/aromatic N) is 1. The summed E-state index contributed by atoms with van der Waals surface area (Å²) in [7, 11) is 0. The average molecular weight is 295 g/mol. The number of ether oxygens (including phenoxy) is 2. The molecule has 1 aromatic heterocycles. The van der Waals surface area contributed by atoms with Crippen LogP contribution < -0.4 is 20.5 Å². The molecule has 0 radical (unpaired) electrons. The second-order valence-corrected chi connectivity index (χ2v) is 4.85. The third-order valence-corrected chi connectivity index (χ3v) is 3.33. The van der Waals surface area contributed by atoms with Crippen molar-refractivity contribution in [3.05, 3.63) is 48.7 Å². The summed E-state index contributed by atoms with van der Waals surface area (Å²) in [5.74, 6) is 1.44. The minimum absolute atomic E-state index is 0.249. The Balaban J connectivity index is 1.55. The first kappa shape index (κ1) is 12.6. The van der Waals surface area contributed by atoms with Crippen molar-refractivity contribution < 1.29 is 13.9 Å². The molecule has 110 valence electrons. The van der Waals surface area contributed by atoms with Crippen LogP contribution in [-0.2, 0) is 0 Å². The number of fused-ring (bicyclic) bond motifs is 1. The summed E-state index contributed by atoms with van der Waals surface area (Å²) in [4.78, 5) is 4.41. The fourth-order valence-electron chi connectivity index (χ4n) is 2.22. The van der Waals surface area contributed by atoms with Gasteiger partial charge in [0.05, 0.1) is 0 Å². The van der Waals surface area contributed by atoms with E-state index in [-0.39, 0.29) is 6.79 Å². The second kappa shape index (κ2) is 5.00. The summed E-state index contributed by atoms with van der Waals surface area (Å²) in [5, 5.41) is 3.10. The highest BCUT2D eigenvalue weighted by Crippen LogP contribution is 2.35. The quantitative estimate of drug-likeness (QED) is 0.721. The molecule has 1 aliphatic heterocycles. The minimum Gasteiger partial charge on any atom is -0.454 e. The van der Waals surface area contributed by atoms with Crippen LogP contribution in [0.3, 0.4) is 0 Å². The number of anilines is 3. The molecule has 1 aliphatic rings. The molecular formula is C16H13N3O3. The second-order valence-electron chi connectivity index (χ2n) is 4.85. The molecule has 0 unspecified atom stereocenters. The highest BCUT2D eigenvalue weighted by Gasteiger charge is 2.14. The average Bonchev–Trinajstić information content (AvgIpc) is 3.17. The predicted molar refractivity (Wildman–Crippen MR) is 82.2 cm³/mol. The molecule has 0 amide bonds. The van der Waals surface area contributed by atoms with Gasteiger partial charge in [0.2, 0.25) is 6.79 Å². The molecule has 6 nitrogen and oxygen atoms in total. The van der Waals surface area contributed by atoms with Crippen LogP contribution in [0.1, 0.15) is 0 Å². The molecule has 0 aliphatic carbocycles. The lowest BCUT2D eigenvalue weighted by Crippen LogP contribution is -1.93. The van der Waals surface area contributed by atoms with Gasteiger partial charge in [0.1, 0.15) is 12.0 Å². The summed E-state index contributed by atoms with van der Waals surface area (Å²) < 4.78 is 16.1. The van der Waals surface area contributed by atoms with E-state index in [1.165, 1.54) is 0 Å². The van der Waals surface area contributed by atoms with Gasteiger partial charge in [-0.1, -0.05) is 12.1 Å². The van der Waals surface area contributed by atoms with Crippen LogP contribution in [0, 0.1) is 0 Å². The van der Waals surface area contributed by atoms with Crippen molar-refractivity contribution >= 4 is 17.4 Å². The number of oxazole rings is 1. The van der Waals surface area contributed by atoms with E-state index >= 15 is 0 Å². The van der Waals surface area contributed by atoms with Crippen molar-refractivity contribution in [3.63, 3.8) is 0 Å². The van der Waals surface area contributed by atoms with Crippen molar-refractivity contribution in [2.75, 3.05) is 17.8 Å². The lowest BCUT2D eigenvalue weighted by molar-refractivity contribution is 0.174. The maximum Gasteiger partial charge on any atom is 0.299 e. The van der Waals surface area contributed by atoms with Gasteiger partial charge in [-0.15, -0.1) is 0 Å². The number of aromatic nitrogens is 1. The van der Waals surface area contributed by atoms with E-state index in [1.807, 2.05) is 42.5 Å². The van der Waals surface area contributed by atoms with Gasteiger partial charge in [-0.2, -0.15) is 4.98 Å². The van der Waals surface area contributed by atoms with E-state index in [9.17, 15) is 0 Å². The predicted octanol–water partition coefficient (Wildman–Crippen LogP) is 3.40. The highest BCUT2D eigenvalue weighted by atomic mass is 16.7. The Hall–Kier alpha value is -3.15. The van der Waals surface area contributed by atoms with E-state index in [2.05, 4.69) is 10.3 Å². The summed E-state index contributed by atoms with van der Waals surface area (Å²) in [6.45, 7) is 0.249. The van der Waals surface area contributed by atoms with Crippen molar-refractivity contribution in [1.29, 1.82) is 0 Å². The molecule has 0 saturated carbocycles. The zero-order valence-corrected chi connectivity index (χ0v) is 11.6. The van der Waals surface area contributed by atoms with E-state index in [1.54, 1.807) is 6.26 Å². The zero-order chi connectivity index (χ0) is 14.9. The number of nitrogens with two attached hydrogens (primary N) is 1. The zero-order valence-electron chi connectivity index (χ0n) is 11.6. The van der Waals surface area contributed by atoms with Gasteiger partial charge < -0.3 is 24.9 Å². The van der Waals surface area contributed by atoms with E-state index < -0.39 is 0 Å². The normalized spacial score (nSPS) is 12.4. The lowest BCUT2D eigenvalue weighted by atomic mass is 10.1. The summed E-state index contributed by atoms with van der Waals surface area (Å²) in [6, 6.07) is 13.4. The van der Waals surface area contributed by atoms with Crippen molar-refractivity contribution in [2.45, 2.75) is 0 Å². The van der Waals surface area contributed by atoms with Crippen LogP contribution in [0.4, 0.5) is 17.4 Å². The fraction of sp³-hybridized carbons (Fsp3) is 0.0625. The SMILES string of the molecule is Nc1ccc(-c2coc(Nc3ccc4c(c3)OCO4)n2)cc1. The number of hydrogen-bond acceptors (Lipinski definition) is 6. The molecule has 0 atom stereocenters. The molecule has 3 N–H and O–H groups in total. The Bertz CT molecular complexity index is 812. The van der Waals surface area contributed by atoms with Gasteiger partial charge in [0.15, 0.2) is 11.5 Å². The number of nitrogens with one attached hydrogen (secondary N) is 1. The van der Waals surface area contributed by atoms with Crippen LogP contribution in [-0.4, -0.2) is 11.8 Å². The lowest BCUT2D eigenvalue weighted by Gasteiger charge is -2.02. The highest BCUT2D eigenvalue weighted by molar-refractivity contribution is 5.64. The Morgan fingerprint density at radius 1 is 1.00 bits per heavy atom. The smallest absolute Gasteiger partial charge is 0.299 e. The first-order chi connectivity index (χ1) is 10.8. The number of nitrogen functional groups attached to an aromatic ring is 1. The Morgan fingerprint density at radius 3 is 2.68 bits per heavy atom. The van der Waals surface area contributed by atoms with Gasteiger partial charge in [0.25, 0.3) is 6.01 Å². The summed E-state index contributed by atoms with van der Waals surface area (Å²) in [6.07, 6.45) is 1.60. The van der Waals surface area contributed by atoms with Crippen LogP contribution in [0.15, 0.2) is 53.1 Å². The molecule has 6 heteroatoms. The molecule has 4 rings (SSSR count). The van der Waals surface area contributed by atoms with Crippen molar-refractivity contribution in [1.82, 2.24) is 4.98 Å². The van der Waals surface area contributed by atoms with E-state index in [0.717, 1.165) is 22.7 Å². The Kier molecular flexibility index (Phi) is 2.86. The van der Waals surface area contributed by atoms with Crippen molar-refractivity contribution in [3.8, 4) is 22.8 Å². The number of rotatable bonds is 3. The maximum atomic E-state index is 5.68. The van der Waals surface area contributed by atoms with Gasteiger partial charge in [-0.05, 0) is 24.3 Å². The van der Waals surface area contributed by atoms with Crippen LogP contribution >= 0.6 is 0 Å². The third-order valence-electron chi connectivity index (χ3n) is 3.33. The van der Waals surface area contributed by atoms with Gasteiger partial charge in [0, 0.05) is 23.0 Å². The number of hydrogen-bond donors (Lipinski definition) is 2.